The van der Waals surface area contributed by atoms with Gasteiger partial charge in [-0.2, -0.15) is 0 Å². The number of nitrogen functional groups attached to an aromatic ring is 1. The molecule has 0 bridgehead atoms. The van der Waals surface area contributed by atoms with Crippen molar-refractivity contribution >= 4 is 17.6 Å². The summed E-state index contributed by atoms with van der Waals surface area (Å²) in [7, 11) is 0. The van der Waals surface area contributed by atoms with Crippen LogP contribution in [0.5, 0.6) is 0 Å². The second-order valence-electron chi connectivity index (χ2n) is 3.10. The number of rotatable bonds is 4. The highest BCUT2D eigenvalue weighted by atomic mass is 16.5. The van der Waals surface area contributed by atoms with Crippen LogP contribution in [-0.2, 0) is 4.74 Å². The summed E-state index contributed by atoms with van der Waals surface area (Å²) in [5.74, 6) is -1.22. The largest absolute Gasteiger partial charge is 0.458 e. The zero-order valence-electron chi connectivity index (χ0n) is 8.60. The molecule has 0 fully saturated rings. The molecule has 16 heavy (non-hydrogen) atoms. The Labute approximate surface area is 92.7 Å². The van der Waals surface area contributed by atoms with Gasteiger partial charge < -0.3 is 16.2 Å². The number of ether oxygens (including phenoxy) is 1. The van der Waals surface area contributed by atoms with Crippen LogP contribution in [0.25, 0.3) is 0 Å². The highest BCUT2D eigenvalue weighted by Gasteiger charge is 2.11. The molecular weight excluding hydrogens is 208 g/mol. The summed E-state index contributed by atoms with van der Waals surface area (Å²) in [5.41, 5.74) is 11.3. The molecule has 0 aliphatic heterocycles. The molecule has 1 rings (SSSR count). The molecule has 4 N–H and O–H groups in total. The minimum Gasteiger partial charge on any atom is -0.458 e. The molecular formula is C11H12N2O3. The van der Waals surface area contributed by atoms with Gasteiger partial charge in [-0.3, -0.25) is 4.79 Å². The van der Waals surface area contributed by atoms with Crippen molar-refractivity contribution in [3.63, 3.8) is 0 Å². The summed E-state index contributed by atoms with van der Waals surface area (Å²) >= 11 is 0. The molecule has 1 aromatic carbocycles. The molecule has 1 aromatic rings. The van der Waals surface area contributed by atoms with Crippen LogP contribution in [0.15, 0.2) is 30.9 Å². The second kappa shape index (κ2) is 4.97. The van der Waals surface area contributed by atoms with Crippen LogP contribution in [0, 0.1) is 0 Å². The highest BCUT2D eigenvalue weighted by molar-refractivity contribution is 5.98. The maximum atomic E-state index is 11.5. The first-order valence-electron chi connectivity index (χ1n) is 4.53. The van der Waals surface area contributed by atoms with Crippen molar-refractivity contribution in [2.24, 2.45) is 5.73 Å². The van der Waals surface area contributed by atoms with Gasteiger partial charge in [-0.25, -0.2) is 4.79 Å². The smallest absolute Gasteiger partial charge is 0.338 e. The summed E-state index contributed by atoms with van der Waals surface area (Å²) in [6.07, 6.45) is 1.44. The maximum Gasteiger partial charge on any atom is 0.338 e. The molecule has 1 amide bonds. The number of hydrogen-bond donors (Lipinski definition) is 2. The predicted octanol–water partition coefficient (Wildman–Crippen LogP) is 0.711. The van der Waals surface area contributed by atoms with Crippen molar-refractivity contribution < 1.29 is 14.3 Å². The van der Waals surface area contributed by atoms with Crippen molar-refractivity contribution in [2.75, 3.05) is 12.3 Å². The van der Waals surface area contributed by atoms with E-state index in [2.05, 4.69) is 6.58 Å². The summed E-state index contributed by atoms with van der Waals surface area (Å²) < 4.78 is 4.80. The first kappa shape index (κ1) is 11.8. The lowest BCUT2D eigenvalue weighted by atomic mass is 10.1. The van der Waals surface area contributed by atoms with E-state index in [-0.39, 0.29) is 23.4 Å². The van der Waals surface area contributed by atoms with Gasteiger partial charge in [-0.15, -0.1) is 0 Å². The van der Waals surface area contributed by atoms with E-state index in [0.717, 1.165) is 0 Å². The standard InChI is InChI=1S/C11H12N2O3/c1-2-3-16-11(15)8-4-7(10(13)14)5-9(12)6-8/h2,4-6H,1,3,12H2,(H2,13,14). The minimum atomic E-state index is -0.648. The molecule has 0 unspecified atom stereocenters. The Bertz CT molecular complexity index is 441. The predicted molar refractivity (Wildman–Crippen MR) is 59.9 cm³/mol. The Morgan fingerprint density at radius 2 is 1.94 bits per heavy atom. The van der Waals surface area contributed by atoms with Gasteiger partial charge in [0.15, 0.2) is 0 Å². The van der Waals surface area contributed by atoms with E-state index in [9.17, 15) is 9.59 Å². The lowest BCUT2D eigenvalue weighted by molar-refractivity contribution is 0.0550. The van der Waals surface area contributed by atoms with E-state index >= 15 is 0 Å². The molecule has 0 aliphatic carbocycles. The van der Waals surface area contributed by atoms with Crippen LogP contribution < -0.4 is 11.5 Å². The van der Waals surface area contributed by atoms with Crippen LogP contribution in [0.3, 0.4) is 0 Å². The van der Waals surface area contributed by atoms with Crippen LogP contribution in [0.2, 0.25) is 0 Å². The third kappa shape index (κ3) is 2.84. The number of esters is 1. The Kier molecular flexibility index (Phi) is 3.66. The number of nitrogens with two attached hydrogens (primary N) is 2. The average Bonchev–Trinajstić information content (AvgIpc) is 2.24. The fourth-order valence-electron chi connectivity index (χ4n) is 1.13. The monoisotopic (exact) mass is 220 g/mol. The zero-order valence-corrected chi connectivity index (χ0v) is 8.60. The summed E-state index contributed by atoms with van der Waals surface area (Å²) in [6.45, 7) is 3.51. The van der Waals surface area contributed by atoms with Crippen molar-refractivity contribution in [1.82, 2.24) is 0 Å². The normalized spacial score (nSPS) is 9.50. The number of anilines is 1. The summed E-state index contributed by atoms with van der Waals surface area (Å²) in [4.78, 5) is 22.4. The quantitative estimate of drug-likeness (QED) is 0.443. The van der Waals surface area contributed by atoms with E-state index in [0.29, 0.717) is 0 Å². The first-order valence-corrected chi connectivity index (χ1v) is 4.53. The maximum absolute atomic E-state index is 11.5. The van der Waals surface area contributed by atoms with Crippen LogP contribution in [-0.4, -0.2) is 18.5 Å². The fraction of sp³-hybridized carbons (Fsp3) is 0.0909. The van der Waals surface area contributed by atoms with Gasteiger partial charge in [0.1, 0.15) is 6.61 Å². The topological polar surface area (TPSA) is 95.4 Å². The molecule has 0 spiro atoms. The van der Waals surface area contributed by atoms with Crippen molar-refractivity contribution in [3.05, 3.63) is 42.0 Å². The summed E-state index contributed by atoms with van der Waals surface area (Å²) in [6, 6.07) is 4.15. The van der Waals surface area contributed by atoms with Gasteiger partial charge in [0, 0.05) is 11.3 Å². The lowest BCUT2D eigenvalue weighted by Crippen LogP contribution is -2.13. The molecule has 0 radical (unpaired) electrons. The Morgan fingerprint density at radius 1 is 1.31 bits per heavy atom. The van der Waals surface area contributed by atoms with E-state index in [1.54, 1.807) is 0 Å². The molecule has 0 aliphatic rings. The Balaban J connectivity index is 3.00. The van der Waals surface area contributed by atoms with Crippen LogP contribution >= 0.6 is 0 Å². The number of primary amides is 1. The number of carbonyl (C=O) groups excluding carboxylic acids is 2. The van der Waals surface area contributed by atoms with Gasteiger partial charge in [-0.05, 0) is 18.2 Å². The number of benzene rings is 1. The van der Waals surface area contributed by atoms with E-state index in [1.165, 1.54) is 24.3 Å². The van der Waals surface area contributed by atoms with Gasteiger partial charge in [0.2, 0.25) is 5.91 Å². The van der Waals surface area contributed by atoms with E-state index in [1.807, 2.05) is 0 Å². The number of amides is 1. The zero-order chi connectivity index (χ0) is 12.1. The Morgan fingerprint density at radius 3 is 2.50 bits per heavy atom. The third-order valence-electron chi connectivity index (χ3n) is 1.81. The van der Waals surface area contributed by atoms with E-state index < -0.39 is 11.9 Å². The van der Waals surface area contributed by atoms with Crippen LogP contribution in [0.4, 0.5) is 5.69 Å². The third-order valence-corrected chi connectivity index (χ3v) is 1.81. The highest BCUT2D eigenvalue weighted by Crippen LogP contribution is 2.12. The summed E-state index contributed by atoms with van der Waals surface area (Å²) in [5, 5.41) is 0. The van der Waals surface area contributed by atoms with Gasteiger partial charge in [0.05, 0.1) is 5.56 Å². The molecule has 0 saturated heterocycles. The lowest BCUT2D eigenvalue weighted by Gasteiger charge is -2.04. The molecule has 5 nitrogen and oxygen atoms in total. The van der Waals surface area contributed by atoms with E-state index in [4.69, 9.17) is 16.2 Å². The van der Waals surface area contributed by atoms with Crippen LogP contribution in [0.1, 0.15) is 20.7 Å². The minimum absolute atomic E-state index is 0.0968. The molecule has 0 saturated carbocycles. The number of hydrogen-bond acceptors (Lipinski definition) is 4. The van der Waals surface area contributed by atoms with Gasteiger partial charge in [-0.1, -0.05) is 12.7 Å². The molecule has 5 heteroatoms. The second-order valence-corrected chi connectivity index (χ2v) is 3.10. The van der Waals surface area contributed by atoms with Crippen molar-refractivity contribution in [3.8, 4) is 0 Å². The molecule has 0 aromatic heterocycles. The SMILES string of the molecule is C=CCOC(=O)c1cc(N)cc(C(N)=O)c1. The molecule has 0 atom stereocenters. The Hall–Kier alpha value is -2.30. The van der Waals surface area contributed by atoms with Crippen molar-refractivity contribution in [1.29, 1.82) is 0 Å². The fourth-order valence-corrected chi connectivity index (χ4v) is 1.13. The first-order chi connectivity index (χ1) is 7.54. The average molecular weight is 220 g/mol. The number of carbonyl (C=O) groups is 2. The van der Waals surface area contributed by atoms with Gasteiger partial charge in [0.25, 0.3) is 0 Å². The molecule has 0 heterocycles. The molecule has 84 valence electrons. The van der Waals surface area contributed by atoms with Crippen molar-refractivity contribution in [2.45, 2.75) is 0 Å². The van der Waals surface area contributed by atoms with Gasteiger partial charge >= 0.3 is 5.97 Å².